The van der Waals surface area contributed by atoms with Crippen LogP contribution in [-0.2, 0) is 6.42 Å². The summed E-state index contributed by atoms with van der Waals surface area (Å²) in [6.45, 7) is 2.17. The summed E-state index contributed by atoms with van der Waals surface area (Å²) in [5.74, 6) is 2.12. The van der Waals surface area contributed by atoms with Gasteiger partial charge in [-0.25, -0.2) is 9.97 Å². The molecule has 2 aromatic carbocycles. The predicted molar refractivity (Wildman–Crippen MR) is 123 cm³/mol. The maximum atomic E-state index is 5.43. The van der Waals surface area contributed by atoms with Crippen molar-refractivity contribution in [3.63, 3.8) is 0 Å². The molecule has 0 unspecified atom stereocenters. The Hall–Kier alpha value is -2.64. The average molecular weight is 470 g/mol. The molecular formula is C22H20BrN3O2S. The van der Waals surface area contributed by atoms with Crippen molar-refractivity contribution in [3.8, 4) is 22.6 Å². The molecule has 0 aliphatic carbocycles. The Morgan fingerprint density at radius 2 is 1.76 bits per heavy atom. The number of benzene rings is 2. The zero-order chi connectivity index (χ0) is 20.4. The molecule has 0 amide bonds. The van der Waals surface area contributed by atoms with Gasteiger partial charge in [0.1, 0.15) is 17.0 Å². The fourth-order valence-electron chi connectivity index (χ4n) is 3.30. The maximum absolute atomic E-state index is 5.43. The molecule has 4 rings (SSSR count). The fourth-order valence-corrected chi connectivity index (χ4v) is 4.66. The monoisotopic (exact) mass is 469 g/mol. The second kappa shape index (κ2) is 8.39. The van der Waals surface area contributed by atoms with Crippen molar-refractivity contribution in [2.24, 2.45) is 0 Å². The SMILES string of the molecule is CCc1sc2ncnc(Nc3ccc(OC)c(OC)c3)c2c1-c1ccc(Br)cc1. The lowest BCUT2D eigenvalue weighted by molar-refractivity contribution is 0.355. The summed E-state index contributed by atoms with van der Waals surface area (Å²) in [7, 11) is 3.25. The number of hydrogen-bond acceptors (Lipinski definition) is 6. The summed E-state index contributed by atoms with van der Waals surface area (Å²) in [6.07, 6.45) is 2.54. The van der Waals surface area contributed by atoms with Crippen molar-refractivity contribution in [3.05, 3.63) is 58.1 Å². The molecule has 0 atom stereocenters. The van der Waals surface area contributed by atoms with Crippen LogP contribution >= 0.6 is 27.3 Å². The van der Waals surface area contributed by atoms with Crippen LogP contribution in [0.4, 0.5) is 11.5 Å². The number of nitrogens with one attached hydrogen (secondary N) is 1. The lowest BCUT2D eigenvalue weighted by Crippen LogP contribution is -1.97. The Balaban J connectivity index is 1.85. The van der Waals surface area contributed by atoms with Gasteiger partial charge in [-0.1, -0.05) is 35.0 Å². The van der Waals surface area contributed by atoms with E-state index in [0.717, 1.165) is 38.2 Å². The number of hydrogen-bond donors (Lipinski definition) is 1. The van der Waals surface area contributed by atoms with Crippen molar-refractivity contribution < 1.29 is 9.47 Å². The molecule has 2 heterocycles. The molecule has 2 aromatic heterocycles. The summed E-state index contributed by atoms with van der Waals surface area (Å²) >= 11 is 5.24. The van der Waals surface area contributed by atoms with E-state index in [1.54, 1.807) is 31.9 Å². The van der Waals surface area contributed by atoms with Gasteiger partial charge in [-0.15, -0.1) is 11.3 Å². The number of aromatic nitrogens is 2. The zero-order valence-corrected chi connectivity index (χ0v) is 18.7. The maximum Gasteiger partial charge on any atom is 0.162 e. The first kappa shape index (κ1) is 19.7. The third-order valence-corrected chi connectivity index (χ3v) is 6.43. The first-order valence-electron chi connectivity index (χ1n) is 9.16. The van der Waals surface area contributed by atoms with Gasteiger partial charge in [0, 0.05) is 26.7 Å². The van der Waals surface area contributed by atoms with E-state index in [4.69, 9.17) is 9.47 Å². The quantitative estimate of drug-likeness (QED) is 0.351. The third-order valence-electron chi connectivity index (χ3n) is 4.66. The number of methoxy groups -OCH3 is 2. The second-order valence-corrected chi connectivity index (χ2v) is 8.36. The molecule has 0 aliphatic rings. The predicted octanol–water partition coefficient (Wildman–Crippen LogP) is 6.44. The highest BCUT2D eigenvalue weighted by molar-refractivity contribution is 9.10. The molecule has 0 bridgehead atoms. The molecule has 148 valence electrons. The molecule has 0 spiro atoms. The first-order valence-corrected chi connectivity index (χ1v) is 10.8. The van der Waals surface area contributed by atoms with Crippen LogP contribution in [-0.4, -0.2) is 24.2 Å². The minimum absolute atomic E-state index is 0.662. The van der Waals surface area contributed by atoms with Gasteiger partial charge < -0.3 is 14.8 Å². The molecule has 7 heteroatoms. The Kier molecular flexibility index (Phi) is 5.69. The van der Waals surface area contributed by atoms with E-state index >= 15 is 0 Å². The molecule has 0 saturated carbocycles. The van der Waals surface area contributed by atoms with Crippen molar-refractivity contribution in [2.75, 3.05) is 19.5 Å². The van der Waals surface area contributed by atoms with Gasteiger partial charge in [0.15, 0.2) is 11.5 Å². The van der Waals surface area contributed by atoms with Crippen LogP contribution in [0.5, 0.6) is 11.5 Å². The number of rotatable bonds is 6. The Bertz CT molecular complexity index is 1160. The van der Waals surface area contributed by atoms with E-state index in [0.29, 0.717) is 11.5 Å². The molecule has 0 radical (unpaired) electrons. The smallest absolute Gasteiger partial charge is 0.162 e. The lowest BCUT2D eigenvalue weighted by atomic mass is 10.0. The van der Waals surface area contributed by atoms with Crippen molar-refractivity contribution in [1.29, 1.82) is 0 Å². The van der Waals surface area contributed by atoms with Crippen LogP contribution in [0.15, 0.2) is 53.3 Å². The van der Waals surface area contributed by atoms with Crippen LogP contribution < -0.4 is 14.8 Å². The van der Waals surface area contributed by atoms with E-state index in [-0.39, 0.29) is 0 Å². The first-order chi connectivity index (χ1) is 14.1. The van der Waals surface area contributed by atoms with E-state index in [9.17, 15) is 0 Å². The van der Waals surface area contributed by atoms with Crippen molar-refractivity contribution in [1.82, 2.24) is 9.97 Å². The Labute approximate surface area is 181 Å². The van der Waals surface area contributed by atoms with Crippen LogP contribution in [0.1, 0.15) is 11.8 Å². The highest BCUT2D eigenvalue weighted by atomic mass is 79.9. The number of thiophene rings is 1. The number of nitrogens with zero attached hydrogens (tertiary/aromatic N) is 2. The molecular weight excluding hydrogens is 450 g/mol. The summed E-state index contributed by atoms with van der Waals surface area (Å²) < 4.78 is 11.8. The van der Waals surface area contributed by atoms with Gasteiger partial charge in [-0.2, -0.15) is 0 Å². The summed E-state index contributed by atoms with van der Waals surface area (Å²) in [6, 6.07) is 14.1. The molecule has 0 saturated heterocycles. The van der Waals surface area contributed by atoms with E-state index < -0.39 is 0 Å². The highest BCUT2D eigenvalue weighted by Crippen LogP contribution is 2.42. The molecule has 0 fully saturated rings. The number of halogens is 1. The Morgan fingerprint density at radius 3 is 2.45 bits per heavy atom. The summed E-state index contributed by atoms with van der Waals surface area (Å²) in [4.78, 5) is 11.3. The third kappa shape index (κ3) is 3.80. The van der Waals surface area contributed by atoms with Gasteiger partial charge in [-0.05, 0) is 36.2 Å². The minimum atomic E-state index is 0.662. The summed E-state index contributed by atoms with van der Waals surface area (Å²) in [5.41, 5.74) is 3.21. The Morgan fingerprint density at radius 1 is 1.00 bits per heavy atom. The number of fused-ring (bicyclic) bond motifs is 1. The van der Waals surface area contributed by atoms with Crippen LogP contribution in [0.2, 0.25) is 0 Å². The normalized spacial score (nSPS) is 10.9. The van der Waals surface area contributed by atoms with Gasteiger partial charge in [-0.3, -0.25) is 0 Å². The van der Waals surface area contributed by atoms with Crippen molar-refractivity contribution in [2.45, 2.75) is 13.3 Å². The van der Waals surface area contributed by atoms with E-state index in [2.05, 4.69) is 62.4 Å². The number of anilines is 2. The van der Waals surface area contributed by atoms with E-state index in [1.807, 2.05) is 18.2 Å². The lowest BCUT2D eigenvalue weighted by Gasteiger charge is -2.12. The number of aryl methyl sites for hydroxylation is 1. The zero-order valence-electron chi connectivity index (χ0n) is 16.3. The molecule has 5 nitrogen and oxygen atoms in total. The number of ether oxygens (including phenoxy) is 2. The van der Waals surface area contributed by atoms with Crippen LogP contribution in [0, 0.1) is 0 Å². The van der Waals surface area contributed by atoms with Gasteiger partial charge in [0.25, 0.3) is 0 Å². The molecule has 29 heavy (non-hydrogen) atoms. The minimum Gasteiger partial charge on any atom is -0.493 e. The van der Waals surface area contributed by atoms with E-state index in [1.165, 1.54) is 10.4 Å². The topological polar surface area (TPSA) is 56.3 Å². The van der Waals surface area contributed by atoms with Crippen LogP contribution in [0.25, 0.3) is 21.3 Å². The van der Waals surface area contributed by atoms with Gasteiger partial charge >= 0.3 is 0 Å². The average Bonchev–Trinajstić information content (AvgIpc) is 3.14. The van der Waals surface area contributed by atoms with Crippen LogP contribution in [0.3, 0.4) is 0 Å². The molecule has 4 aromatic rings. The van der Waals surface area contributed by atoms with Gasteiger partial charge in [0.2, 0.25) is 0 Å². The van der Waals surface area contributed by atoms with Gasteiger partial charge in [0.05, 0.1) is 19.6 Å². The largest absolute Gasteiger partial charge is 0.493 e. The molecule has 1 N–H and O–H groups in total. The summed E-state index contributed by atoms with van der Waals surface area (Å²) in [5, 5.41) is 4.48. The second-order valence-electron chi connectivity index (χ2n) is 6.36. The van der Waals surface area contributed by atoms with Crippen molar-refractivity contribution >= 4 is 49.0 Å². The highest BCUT2D eigenvalue weighted by Gasteiger charge is 2.18. The standard InChI is InChI=1S/C22H20BrN3O2S/c1-4-18-19(13-5-7-14(23)8-6-13)20-21(24-12-25-22(20)29-18)26-15-9-10-16(27-2)17(11-15)28-3/h5-12H,4H2,1-3H3,(H,24,25,26). The molecule has 0 aliphatic heterocycles. The fraction of sp³-hybridized carbons (Fsp3) is 0.182.